The molecule has 142 valence electrons. The highest BCUT2D eigenvalue weighted by molar-refractivity contribution is 14.0. The van der Waals surface area contributed by atoms with E-state index in [4.69, 9.17) is 4.74 Å². The normalized spacial score (nSPS) is 16.2. The van der Waals surface area contributed by atoms with Gasteiger partial charge in [0.1, 0.15) is 0 Å². The number of amides is 1. The molecule has 0 aromatic rings. The first-order chi connectivity index (χ1) is 11.0. The Bertz CT molecular complexity index is 385. The number of carbonyl (C=O) groups excluding carboxylic acids is 1. The molecule has 3 N–H and O–H groups in total. The van der Waals surface area contributed by atoms with Gasteiger partial charge in [0.2, 0.25) is 5.91 Å². The fourth-order valence-electron chi connectivity index (χ4n) is 2.45. The molecule has 0 aliphatic carbocycles. The van der Waals surface area contributed by atoms with Crippen LogP contribution in [0.25, 0.3) is 0 Å². The smallest absolute Gasteiger partial charge is 0.221 e. The largest absolute Gasteiger partial charge is 0.379 e. The minimum Gasteiger partial charge on any atom is -0.379 e. The molecule has 24 heavy (non-hydrogen) atoms. The van der Waals surface area contributed by atoms with E-state index < -0.39 is 0 Å². The van der Waals surface area contributed by atoms with Gasteiger partial charge < -0.3 is 20.7 Å². The van der Waals surface area contributed by atoms with E-state index in [1.165, 1.54) is 0 Å². The predicted octanol–water partition coefficient (Wildman–Crippen LogP) is 0.797. The summed E-state index contributed by atoms with van der Waals surface area (Å²) in [6.07, 6.45) is 1.41. The van der Waals surface area contributed by atoms with Gasteiger partial charge in [-0.3, -0.25) is 14.7 Å². The Labute approximate surface area is 163 Å². The molecule has 7 nitrogen and oxygen atoms in total. The predicted molar refractivity (Wildman–Crippen MR) is 109 cm³/mol. The maximum atomic E-state index is 11.6. The maximum absolute atomic E-state index is 11.6. The Morgan fingerprint density at radius 2 is 1.83 bits per heavy atom. The number of aliphatic imine (C=N–C) groups is 1. The highest BCUT2D eigenvalue weighted by atomic mass is 127. The lowest BCUT2D eigenvalue weighted by Crippen LogP contribution is -2.56. The number of hydrogen-bond acceptors (Lipinski definition) is 4. The van der Waals surface area contributed by atoms with E-state index in [0.29, 0.717) is 13.0 Å². The molecule has 1 heterocycles. The summed E-state index contributed by atoms with van der Waals surface area (Å²) in [4.78, 5) is 18.2. The molecule has 0 aromatic carbocycles. The highest BCUT2D eigenvalue weighted by Crippen LogP contribution is 2.14. The van der Waals surface area contributed by atoms with Gasteiger partial charge in [-0.2, -0.15) is 0 Å². The fraction of sp³-hybridized carbons (Fsp3) is 0.875. The molecule has 1 rings (SSSR count). The zero-order valence-corrected chi connectivity index (χ0v) is 17.8. The third kappa shape index (κ3) is 9.03. The summed E-state index contributed by atoms with van der Waals surface area (Å²) in [5.41, 5.74) is 0.0277. The zero-order chi connectivity index (χ0) is 17.1. The number of nitrogens with one attached hydrogen (secondary N) is 3. The molecule has 0 saturated carbocycles. The number of halogens is 1. The van der Waals surface area contributed by atoms with E-state index in [0.717, 1.165) is 51.8 Å². The first-order valence-corrected chi connectivity index (χ1v) is 8.53. The molecule has 0 aromatic heterocycles. The molecule has 0 radical (unpaired) electrons. The zero-order valence-electron chi connectivity index (χ0n) is 15.5. The topological polar surface area (TPSA) is 78.0 Å². The second-order valence-electron chi connectivity index (χ2n) is 6.36. The van der Waals surface area contributed by atoms with Gasteiger partial charge in [0.05, 0.1) is 13.2 Å². The standard InChI is InChI=1S/C16H33N5O2.HI/c1-5-7-18-14(22)6-8-19-15(17-4)20-13-16(2,3)21-9-11-23-12-10-21;/h5-13H2,1-4H3,(H,18,22)(H2,17,19,20);1H. The Hall–Kier alpha value is -0.610. The summed E-state index contributed by atoms with van der Waals surface area (Å²) in [5, 5.41) is 9.40. The fourth-order valence-corrected chi connectivity index (χ4v) is 2.45. The molecule has 1 saturated heterocycles. The minimum absolute atomic E-state index is 0. The summed E-state index contributed by atoms with van der Waals surface area (Å²) < 4.78 is 5.41. The number of rotatable bonds is 8. The Morgan fingerprint density at radius 3 is 2.42 bits per heavy atom. The van der Waals surface area contributed by atoms with Crippen molar-refractivity contribution < 1.29 is 9.53 Å². The summed E-state index contributed by atoms with van der Waals surface area (Å²) >= 11 is 0. The van der Waals surface area contributed by atoms with E-state index in [2.05, 4.69) is 39.7 Å². The van der Waals surface area contributed by atoms with Crippen LogP contribution in [0.5, 0.6) is 0 Å². The Morgan fingerprint density at radius 1 is 1.17 bits per heavy atom. The Kier molecular flexibility index (Phi) is 12.4. The van der Waals surface area contributed by atoms with E-state index in [1.54, 1.807) is 7.05 Å². The van der Waals surface area contributed by atoms with Gasteiger partial charge in [-0.25, -0.2) is 0 Å². The van der Waals surface area contributed by atoms with E-state index in [9.17, 15) is 4.79 Å². The lowest BCUT2D eigenvalue weighted by molar-refractivity contribution is -0.120. The van der Waals surface area contributed by atoms with Crippen LogP contribution in [0.4, 0.5) is 0 Å². The molecule has 0 spiro atoms. The van der Waals surface area contributed by atoms with Gasteiger partial charge in [-0.1, -0.05) is 6.92 Å². The van der Waals surface area contributed by atoms with Crippen molar-refractivity contribution in [2.24, 2.45) is 4.99 Å². The molecule has 1 fully saturated rings. The van der Waals surface area contributed by atoms with Crippen LogP contribution in [0.1, 0.15) is 33.6 Å². The van der Waals surface area contributed by atoms with Crippen molar-refractivity contribution in [3.05, 3.63) is 0 Å². The van der Waals surface area contributed by atoms with E-state index >= 15 is 0 Å². The average Bonchev–Trinajstić information content (AvgIpc) is 2.56. The van der Waals surface area contributed by atoms with Crippen molar-refractivity contribution in [3.63, 3.8) is 0 Å². The van der Waals surface area contributed by atoms with Crippen LogP contribution in [0.2, 0.25) is 0 Å². The summed E-state index contributed by atoms with van der Waals surface area (Å²) in [7, 11) is 1.74. The van der Waals surface area contributed by atoms with Gasteiger partial charge >= 0.3 is 0 Å². The lowest BCUT2D eigenvalue weighted by atomic mass is 10.0. The van der Waals surface area contributed by atoms with Crippen molar-refractivity contribution in [1.29, 1.82) is 0 Å². The monoisotopic (exact) mass is 455 g/mol. The van der Waals surface area contributed by atoms with E-state index in [1.807, 2.05) is 6.92 Å². The highest BCUT2D eigenvalue weighted by Gasteiger charge is 2.28. The SMILES string of the molecule is CCCNC(=O)CCNC(=NC)NCC(C)(C)N1CCOCC1.I. The number of hydrogen-bond donors (Lipinski definition) is 3. The first-order valence-electron chi connectivity index (χ1n) is 8.53. The number of morpholine rings is 1. The van der Waals surface area contributed by atoms with Crippen LogP contribution in [-0.4, -0.2) is 75.3 Å². The quantitative estimate of drug-likeness (QED) is 0.287. The summed E-state index contributed by atoms with van der Waals surface area (Å²) in [6, 6.07) is 0. The maximum Gasteiger partial charge on any atom is 0.221 e. The van der Waals surface area contributed by atoms with Gasteiger partial charge in [-0.05, 0) is 20.3 Å². The first kappa shape index (κ1) is 23.4. The number of nitrogens with zero attached hydrogens (tertiary/aromatic N) is 2. The van der Waals surface area contributed by atoms with Crippen LogP contribution in [0, 0.1) is 0 Å². The summed E-state index contributed by atoms with van der Waals surface area (Å²) in [6.45, 7) is 12.1. The van der Waals surface area contributed by atoms with Crippen LogP contribution in [0.15, 0.2) is 4.99 Å². The molecule has 0 atom stereocenters. The van der Waals surface area contributed by atoms with Crippen molar-refractivity contribution in [2.45, 2.75) is 39.2 Å². The van der Waals surface area contributed by atoms with Gasteiger partial charge in [0, 0.05) is 51.7 Å². The van der Waals surface area contributed by atoms with Crippen molar-refractivity contribution >= 4 is 35.8 Å². The molecule has 1 aliphatic heterocycles. The van der Waals surface area contributed by atoms with Crippen LogP contribution < -0.4 is 16.0 Å². The third-order valence-corrected chi connectivity index (χ3v) is 4.00. The van der Waals surface area contributed by atoms with E-state index in [-0.39, 0.29) is 35.4 Å². The molecular weight excluding hydrogens is 421 g/mol. The number of carbonyl (C=O) groups is 1. The van der Waals surface area contributed by atoms with Crippen LogP contribution in [0.3, 0.4) is 0 Å². The molecular formula is C16H34IN5O2. The van der Waals surface area contributed by atoms with Crippen molar-refractivity contribution in [1.82, 2.24) is 20.9 Å². The molecule has 8 heteroatoms. The third-order valence-electron chi connectivity index (χ3n) is 4.00. The van der Waals surface area contributed by atoms with Gasteiger partial charge in [0.15, 0.2) is 5.96 Å². The minimum atomic E-state index is 0. The van der Waals surface area contributed by atoms with Gasteiger partial charge in [0.25, 0.3) is 0 Å². The number of guanidine groups is 1. The molecule has 0 bridgehead atoms. The van der Waals surface area contributed by atoms with Crippen LogP contribution >= 0.6 is 24.0 Å². The number of ether oxygens (including phenoxy) is 1. The molecule has 1 amide bonds. The average molecular weight is 455 g/mol. The van der Waals surface area contributed by atoms with Crippen molar-refractivity contribution in [2.75, 3.05) is 53.0 Å². The molecule has 0 unspecified atom stereocenters. The van der Waals surface area contributed by atoms with Crippen molar-refractivity contribution in [3.8, 4) is 0 Å². The van der Waals surface area contributed by atoms with Crippen LogP contribution in [-0.2, 0) is 9.53 Å². The second-order valence-corrected chi connectivity index (χ2v) is 6.36. The molecule has 1 aliphatic rings. The Balaban J connectivity index is 0.00000529. The lowest BCUT2D eigenvalue weighted by Gasteiger charge is -2.41. The van der Waals surface area contributed by atoms with Gasteiger partial charge in [-0.15, -0.1) is 24.0 Å². The summed E-state index contributed by atoms with van der Waals surface area (Å²) in [5.74, 6) is 0.804. The second kappa shape index (κ2) is 12.7.